The van der Waals surface area contributed by atoms with E-state index in [2.05, 4.69) is 0 Å². The lowest BCUT2D eigenvalue weighted by atomic mass is 10.1. The van der Waals surface area contributed by atoms with Crippen LogP contribution in [0.1, 0.15) is 13.3 Å². The molecule has 0 fully saturated rings. The van der Waals surface area contributed by atoms with Gasteiger partial charge in [0.05, 0.1) is 23.8 Å². The second-order valence-electron chi connectivity index (χ2n) is 4.27. The van der Waals surface area contributed by atoms with E-state index >= 15 is 0 Å². The number of nitrogens with zero attached hydrogens (tertiary/aromatic N) is 2. The summed E-state index contributed by atoms with van der Waals surface area (Å²) in [4.78, 5) is 13.1. The maximum absolute atomic E-state index is 11.7. The molecule has 17 heavy (non-hydrogen) atoms. The van der Waals surface area contributed by atoms with Gasteiger partial charge in [-0.2, -0.15) is 5.26 Å². The van der Waals surface area contributed by atoms with Gasteiger partial charge in [-0.15, -0.1) is 0 Å². The van der Waals surface area contributed by atoms with Gasteiger partial charge >= 0.3 is 0 Å². The monoisotopic (exact) mass is 261 g/mol. The lowest BCUT2D eigenvalue weighted by molar-refractivity contribution is -0.131. The van der Waals surface area contributed by atoms with E-state index < -0.39 is 15.9 Å². The quantitative estimate of drug-likeness (QED) is 0.685. The number of hydrogen-bond acceptors (Lipinski definition) is 5. The minimum absolute atomic E-state index is 0.100. The Balaban J connectivity index is 4.26. The Morgan fingerprint density at radius 3 is 2.47 bits per heavy atom. The smallest absolute Gasteiger partial charge is 0.239 e. The van der Waals surface area contributed by atoms with Gasteiger partial charge in [0.1, 0.15) is 9.84 Å². The number of carbonyl (C=O) groups excluding carboxylic acids is 1. The Bertz CT molecular complexity index is 400. The SMILES string of the molecule is CC(C#N)CN(C)C(=O)C(N)CCS(C)(=O)=O. The third kappa shape index (κ3) is 6.92. The standard InChI is InChI=1S/C10H19N3O3S/c1-8(6-11)7-13(2)10(14)9(12)4-5-17(3,15)16/h8-9H,4-5,7,12H2,1-3H3. The number of amides is 1. The molecule has 0 aliphatic rings. The van der Waals surface area contributed by atoms with Crippen LogP contribution in [0.5, 0.6) is 0 Å². The molecule has 0 heterocycles. The first-order valence-corrected chi connectivity index (χ1v) is 7.31. The third-order valence-electron chi connectivity index (χ3n) is 2.26. The Kier molecular flexibility index (Phi) is 6.13. The summed E-state index contributed by atoms with van der Waals surface area (Å²) in [7, 11) is -1.56. The maximum Gasteiger partial charge on any atom is 0.239 e. The van der Waals surface area contributed by atoms with Gasteiger partial charge < -0.3 is 10.6 Å². The molecule has 0 aliphatic heterocycles. The van der Waals surface area contributed by atoms with Gasteiger partial charge in [-0.05, 0) is 13.3 Å². The van der Waals surface area contributed by atoms with Crippen molar-refractivity contribution in [2.24, 2.45) is 11.7 Å². The summed E-state index contributed by atoms with van der Waals surface area (Å²) < 4.78 is 21.9. The van der Waals surface area contributed by atoms with E-state index in [1.165, 1.54) is 4.90 Å². The van der Waals surface area contributed by atoms with Crippen LogP contribution in [-0.4, -0.2) is 50.9 Å². The van der Waals surface area contributed by atoms with Crippen molar-refractivity contribution >= 4 is 15.7 Å². The lowest BCUT2D eigenvalue weighted by Crippen LogP contribution is -2.44. The predicted octanol–water partition coefficient (Wildman–Crippen LogP) is -0.634. The van der Waals surface area contributed by atoms with E-state index in [0.717, 1.165) is 6.26 Å². The fourth-order valence-corrected chi connectivity index (χ4v) is 1.97. The average Bonchev–Trinajstić information content (AvgIpc) is 2.23. The molecule has 0 bridgehead atoms. The van der Waals surface area contributed by atoms with E-state index in [-0.39, 0.29) is 24.0 Å². The highest BCUT2D eigenvalue weighted by Crippen LogP contribution is 2.01. The number of hydrogen-bond donors (Lipinski definition) is 1. The van der Waals surface area contributed by atoms with Crippen molar-refractivity contribution in [1.29, 1.82) is 5.26 Å². The summed E-state index contributed by atoms with van der Waals surface area (Å²) >= 11 is 0. The number of rotatable bonds is 6. The molecule has 2 N–H and O–H groups in total. The van der Waals surface area contributed by atoms with E-state index in [1.54, 1.807) is 14.0 Å². The van der Waals surface area contributed by atoms with Crippen molar-refractivity contribution in [1.82, 2.24) is 4.90 Å². The molecule has 2 unspecified atom stereocenters. The summed E-state index contributed by atoms with van der Waals surface area (Å²) in [5.41, 5.74) is 5.60. The molecule has 0 aliphatic carbocycles. The van der Waals surface area contributed by atoms with Gasteiger partial charge in [-0.3, -0.25) is 4.79 Å². The van der Waals surface area contributed by atoms with Gasteiger partial charge in [-0.25, -0.2) is 8.42 Å². The molecule has 6 nitrogen and oxygen atoms in total. The molecule has 0 aromatic heterocycles. The highest BCUT2D eigenvalue weighted by molar-refractivity contribution is 7.90. The van der Waals surface area contributed by atoms with Crippen LogP contribution < -0.4 is 5.73 Å². The van der Waals surface area contributed by atoms with Crippen molar-refractivity contribution in [2.75, 3.05) is 25.6 Å². The first kappa shape index (κ1) is 15.9. The van der Waals surface area contributed by atoms with Crippen molar-refractivity contribution in [3.63, 3.8) is 0 Å². The Labute approximate surface area is 102 Å². The molecule has 0 radical (unpaired) electrons. The molecular weight excluding hydrogens is 242 g/mol. The normalized spacial score (nSPS) is 14.8. The van der Waals surface area contributed by atoms with E-state index in [1.807, 2.05) is 6.07 Å². The minimum Gasteiger partial charge on any atom is -0.343 e. The molecular formula is C10H19N3O3S. The molecule has 2 atom stereocenters. The summed E-state index contributed by atoms with van der Waals surface area (Å²) in [6.45, 7) is 1.99. The summed E-state index contributed by atoms with van der Waals surface area (Å²) in [6, 6.07) is 1.18. The zero-order chi connectivity index (χ0) is 13.6. The van der Waals surface area contributed by atoms with E-state index in [0.29, 0.717) is 6.54 Å². The molecule has 0 saturated heterocycles. The molecule has 1 amide bonds. The van der Waals surface area contributed by atoms with Crippen molar-refractivity contribution in [3.05, 3.63) is 0 Å². The molecule has 98 valence electrons. The van der Waals surface area contributed by atoms with Gasteiger partial charge in [0, 0.05) is 19.8 Å². The molecule has 0 aromatic carbocycles. The molecule has 7 heteroatoms. The number of nitriles is 1. The molecule has 0 rings (SSSR count). The number of likely N-dealkylation sites (N-methyl/N-ethyl adjacent to an activating group) is 1. The van der Waals surface area contributed by atoms with Crippen LogP contribution in [0.3, 0.4) is 0 Å². The second kappa shape index (κ2) is 6.57. The van der Waals surface area contributed by atoms with Gasteiger partial charge in [0.2, 0.25) is 5.91 Å². The van der Waals surface area contributed by atoms with E-state index in [4.69, 9.17) is 11.0 Å². The highest BCUT2D eigenvalue weighted by atomic mass is 32.2. The summed E-state index contributed by atoms with van der Waals surface area (Å²) in [5, 5.41) is 8.62. The molecule has 0 spiro atoms. The van der Waals surface area contributed by atoms with Crippen LogP contribution in [0.2, 0.25) is 0 Å². The van der Waals surface area contributed by atoms with Crippen LogP contribution in [0.15, 0.2) is 0 Å². The van der Waals surface area contributed by atoms with Gasteiger partial charge in [0.25, 0.3) is 0 Å². The zero-order valence-electron chi connectivity index (χ0n) is 10.4. The number of sulfone groups is 1. The second-order valence-corrected chi connectivity index (χ2v) is 6.53. The first-order valence-electron chi connectivity index (χ1n) is 5.25. The van der Waals surface area contributed by atoms with Crippen molar-refractivity contribution in [3.8, 4) is 6.07 Å². The topological polar surface area (TPSA) is 104 Å². The minimum atomic E-state index is -3.11. The van der Waals surface area contributed by atoms with Gasteiger partial charge in [0.15, 0.2) is 0 Å². The first-order chi connectivity index (χ1) is 7.67. The van der Waals surface area contributed by atoms with Crippen LogP contribution in [0.4, 0.5) is 0 Å². The van der Waals surface area contributed by atoms with E-state index in [9.17, 15) is 13.2 Å². The predicted molar refractivity (Wildman–Crippen MR) is 64.7 cm³/mol. The highest BCUT2D eigenvalue weighted by Gasteiger charge is 2.20. The van der Waals surface area contributed by atoms with Crippen LogP contribution in [-0.2, 0) is 14.6 Å². The van der Waals surface area contributed by atoms with Crippen molar-refractivity contribution < 1.29 is 13.2 Å². The van der Waals surface area contributed by atoms with Crippen LogP contribution in [0.25, 0.3) is 0 Å². The molecule has 0 aromatic rings. The molecule has 0 saturated carbocycles. The van der Waals surface area contributed by atoms with Crippen molar-refractivity contribution in [2.45, 2.75) is 19.4 Å². The summed E-state index contributed by atoms with van der Waals surface area (Å²) in [6.07, 6.45) is 1.20. The van der Waals surface area contributed by atoms with Crippen LogP contribution in [0, 0.1) is 17.2 Å². The summed E-state index contributed by atoms with van der Waals surface area (Å²) in [5.74, 6) is -0.719. The lowest BCUT2D eigenvalue weighted by Gasteiger charge is -2.21. The zero-order valence-corrected chi connectivity index (χ0v) is 11.2. The average molecular weight is 261 g/mol. The Hall–Kier alpha value is -1.13. The Morgan fingerprint density at radius 2 is 2.06 bits per heavy atom. The fraction of sp³-hybridized carbons (Fsp3) is 0.800. The maximum atomic E-state index is 11.7. The fourth-order valence-electron chi connectivity index (χ4n) is 1.29. The number of nitrogens with two attached hydrogens (primary N) is 1. The van der Waals surface area contributed by atoms with Gasteiger partial charge in [-0.1, -0.05) is 0 Å². The third-order valence-corrected chi connectivity index (χ3v) is 3.24. The largest absolute Gasteiger partial charge is 0.343 e. The Morgan fingerprint density at radius 1 is 1.53 bits per heavy atom. The van der Waals surface area contributed by atoms with Crippen LogP contribution >= 0.6 is 0 Å². The number of carbonyl (C=O) groups is 1.